The molecule has 2 amide bonds. The number of nitrogens with one attached hydrogen (secondary N) is 2. The van der Waals surface area contributed by atoms with Gasteiger partial charge in [-0.2, -0.15) is 0 Å². The first-order chi connectivity index (χ1) is 9.95. The molecule has 1 fully saturated rings. The van der Waals surface area contributed by atoms with E-state index in [1.165, 1.54) is 7.11 Å². The van der Waals surface area contributed by atoms with E-state index < -0.39 is 23.5 Å². The zero-order chi connectivity index (χ0) is 15.5. The van der Waals surface area contributed by atoms with Crippen LogP contribution in [0.2, 0.25) is 0 Å². The van der Waals surface area contributed by atoms with E-state index in [1.54, 1.807) is 31.2 Å². The zero-order valence-corrected chi connectivity index (χ0v) is 11.9. The second-order valence-corrected chi connectivity index (χ2v) is 5.12. The number of hydrogen-bond acceptors (Lipinski definition) is 4. The third kappa shape index (κ3) is 3.25. The van der Waals surface area contributed by atoms with E-state index in [0.717, 1.165) is 0 Å². The molecule has 2 rings (SSSR count). The summed E-state index contributed by atoms with van der Waals surface area (Å²) < 4.78 is 10.2. The molecule has 114 valence electrons. The highest BCUT2D eigenvalue weighted by Gasteiger charge is 2.47. The lowest BCUT2D eigenvalue weighted by atomic mass is 9.85. The number of carbonyl (C=O) groups is 2. The van der Waals surface area contributed by atoms with Gasteiger partial charge in [0.25, 0.3) is 0 Å². The third-order valence-corrected chi connectivity index (χ3v) is 3.58. The molecule has 1 aromatic rings. The average molecular weight is 294 g/mol. The lowest BCUT2D eigenvalue weighted by Crippen LogP contribution is -2.50. The van der Waals surface area contributed by atoms with Crippen LogP contribution in [-0.2, 0) is 9.53 Å². The second-order valence-electron chi connectivity index (χ2n) is 5.12. The minimum atomic E-state index is -1.12. The summed E-state index contributed by atoms with van der Waals surface area (Å²) >= 11 is 0. The van der Waals surface area contributed by atoms with Crippen molar-refractivity contribution in [1.82, 2.24) is 5.32 Å². The van der Waals surface area contributed by atoms with Gasteiger partial charge in [0.1, 0.15) is 11.2 Å². The Balaban J connectivity index is 2.00. The van der Waals surface area contributed by atoms with Crippen LogP contribution >= 0.6 is 0 Å². The van der Waals surface area contributed by atoms with E-state index in [2.05, 4.69) is 10.6 Å². The topological polar surface area (TPSA) is 96.9 Å². The summed E-state index contributed by atoms with van der Waals surface area (Å²) in [5, 5.41) is 14.5. The van der Waals surface area contributed by atoms with Gasteiger partial charge in [0.05, 0.1) is 26.4 Å². The summed E-state index contributed by atoms with van der Waals surface area (Å²) in [5.74, 6) is -0.376. The number of aliphatic carboxylic acids is 1. The Bertz CT molecular complexity index is 548. The Morgan fingerprint density at radius 3 is 2.90 bits per heavy atom. The maximum atomic E-state index is 12.0. The molecule has 7 nitrogen and oxygen atoms in total. The van der Waals surface area contributed by atoms with Gasteiger partial charge in [-0.25, -0.2) is 4.79 Å². The van der Waals surface area contributed by atoms with Gasteiger partial charge in [-0.05, 0) is 19.1 Å². The van der Waals surface area contributed by atoms with Crippen LogP contribution in [0.25, 0.3) is 0 Å². The number of methoxy groups -OCH3 is 1. The van der Waals surface area contributed by atoms with Gasteiger partial charge in [0, 0.05) is 11.8 Å². The number of anilines is 1. The summed E-state index contributed by atoms with van der Waals surface area (Å²) in [6.45, 7) is 1.81. The van der Waals surface area contributed by atoms with E-state index in [1.807, 2.05) is 0 Å². The molecule has 7 heteroatoms. The van der Waals surface area contributed by atoms with Crippen molar-refractivity contribution in [3.63, 3.8) is 0 Å². The Kier molecular flexibility index (Phi) is 4.32. The van der Waals surface area contributed by atoms with E-state index >= 15 is 0 Å². The highest BCUT2D eigenvalue weighted by Crippen LogP contribution is 2.28. The van der Waals surface area contributed by atoms with Gasteiger partial charge < -0.3 is 25.2 Å². The molecule has 1 saturated heterocycles. The summed E-state index contributed by atoms with van der Waals surface area (Å²) in [4.78, 5) is 23.3. The molecule has 0 aromatic heterocycles. The van der Waals surface area contributed by atoms with E-state index in [9.17, 15) is 14.7 Å². The molecule has 1 aliphatic rings. The molecule has 3 N–H and O–H groups in total. The standard InChI is InChI=1S/C14H18N2O5/c1-14(12(17)18)8-21-7-11(14)16-13(19)15-9-4-3-5-10(6-9)20-2/h3-6,11H,7-8H2,1-2H3,(H,17,18)(H2,15,16,19). The average Bonchev–Trinajstić information content (AvgIpc) is 2.81. The number of carboxylic acid groups (broad SMARTS) is 1. The van der Waals surface area contributed by atoms with E-state index in [4.69, 9.17) is 9.47 Å². The molecule has 1 heterocycles. The van der Waals surface area contributed by atoms with Crippen LogP contribution < -0.4 is 15.4 Å². The summed E-state index contributed by atoms with van der Waals surface area (Å²) in [5.41, 5.74) is -0.561. The van der Waals surface area contributed by atoms with Crippen LogP contribution in [0.1, 0.15) is 6.92 Å². The van der Waals surface area contributed by atoms with Crippen molar-refractivity contribution in [3.05, 3.63) is 24.3 Å². The molecule has 1 aliphatic heterocycles. The van der Waals surface area contributed by atoms with Crippen molar-refractivity contribution in [2.75, 3.05) is 25.6 Å². The molecule has 2 unspecified atom stereocenters. The van der Waals surface area contributed by atoms with Gasteiger partial charge in [-0.3, -0.25) is 4.79 Å². The molecule has 0 aliphatic carbocycles. The Labute approximate surface area is 122 Å². The van der Waals surface area contributed by atoms with Crippen molar-refractivity contribution >= 4 is 17.7 Å². The summed E-state index contributed by atoms with van der Waals surface area (Å²) in [6, 6.07) is 5.82. The first-order valence-electron chi connectivity index (χ1n) is 6.48. The van der Waals surface area contributed by atoms with Crippen molar-refractivity contribution in [2.24, 2.45) is 5.41 Å². The van der Waals surface area contributed by atoms with Gasteiger partial charge >= 0.3 is 12.0 Å². The highest BCUT2D eigenvalue weighted by molar-refractivity contribution is 5.90. The SMILES string of the molecule is COc1cccc(NC(=O)NC2COCC2(C)C(=O)O)c1. The van der Waals surface area contributed by atoms with Crippen LogP contribution in [0.15, 0.2) is 24.3 Å². The smallest absolute Gasteiger partial charge is 0.319 e. The van der Waals surface area contributed by atoms with Crippen LogP contribution in [-0.4, -0.2) is 43.5 Å². The lowest BCUT2D eigenvalue weighted by Gasteiger charge is -2.25. The van der Waals surface area contributed by atoms with E-state index in [-0.39, 0.29) is 13.2 Å². The first kappa shape index (κ1) is 15.1. The number of benzene rings is 1. The monoisotopic (exact) mass is 294 g/mol. The maximum absolute atomic E-state index is 12.0. The fraction of sp³-hybridized carbons (Fsp3) is 0.429. The number of urea groups is 1. The molecule has 2 atom stereocenters. The van der Waals surface area contributed by atoms with Gasteiger partial charge in [0.15, 0.2) is 0 Å². The zero-order valence-electron chi connectivity index (χ0n) is 11.9. The van der Waals surface area contributed by atoms with Crippen molar-refractivity contribution in [1.29, 1.82) is 0 Å². The highest BCUT2D eigenvalue weighted by atomic mass is 16.5. The molecule has 1 aromatic carbocycles. The number of amides is 2. The normalized spacial score (nSPS) is 24.4. The lowest BCUT2D eigenvalue weighted by molar-refractivity contribution is -0.148. The molecule has 0 bridgehead atoms. The van der Waals surface area contributed by atoms with Crippen LogP contribution in [0.3, 0.4) is 0 Å². The molecular formula is C14H18N2O5. The second kappa shape index (κ2) is 6.01. The van der Waals surface area contributed by atoms with Crippen molar-refractivity contribution in [3.8, 4) is 5.75 Å². The summed E-state index contributed by atoms with van der Waals surface area (Å²) in [7, 11) is 1.54. The van der Waals surface area contributed by atoms with Gasteiger partial charge in [0.2, 0.25) is 0 Å². The van der Waals surface area contributed by atoms with Crippen LogP contribution in [0, 0.1) is 5.41 Å². The molecular weight excluding hydrogens is 276 g/mol. The predicted molar refractivity (Wildman–Crippen MR) is 75.5 cm³/mol. The van der Waals surface area contributed by atoms with Crippen LogP contribution in [0.5, 0.6) is 5.75 Å². The molecule has 0 spiro atoms. The largest absolute Gasteiger partial charge is 0.497 e. The Morgan fingerprint density at radius 2 is 2.24 bits per heavy atom. The number of hydrogen-bond donors (Lipinski definition) is 3. The number of carbonyl (C=O) groups excluding carboxylic acids is 1. The predicted octanol–water partition coefficient (Wildman–Crippen LogP) is 1.31. The molecule has 0 radical (unpaired) electrons. The minimum Gasteiger partial charge on any atom is -0.497 e. The maximum Gasteiger partial charge on any atom is 0.319 e. The third-order valence-electron chi connectivity index (χ3n) is 3.58. The van der Waals surface area contributed by atoms with Crippen molar-refractivity contribution in [2.45, 2.75) is 13.0 Å². The fourth-order valence-electron chi connectivity index (χ4n) is 2.11. The van der Waals surface area contributed by atoms with Gasteiger partial charge in [-0.1, -0.05) is 6.07 Å². The van der Waals surface area contributed by atoms with Gasteiger partial charge in [-0.15, -0.1) is 0 Å². The minimum absolute atomic E-state index is 0.0758. The Morgan fingerprint density at radius 1 is 1.48 bits per heavy atom. The van der Waals surface area contributed by atoms with Crippen molar-refractivity contribution < 1.29 is 24.2 Å². The van der Waals surface area contributed by atoms with Crippen LogP contribution in [0.4, 0.5) is 10.5 Å². The fourth-order valence-corrected chi connectivity index (χ4v) is 2.11. The molecule has 21 heavy (non-hydrogen) atoms. The number of ether oxygens (including phenoxy) is 2. The first-order valence-corrected chi connectivity index (χ1v) is 6.48. The molecule has 0 saturated carbocycles. The Hall–Kier alpha value is -2.28. The quantitative estimate of drug-likeness (QED) is 0.778. The number of carboxylic acids is 1. The van der Waals surface area contributed by atoms with E-state index in [0.29, 0.717) is 11.4 Å². The summed E-state index contributed by atoms with van der Waals surface area (Å²) in [6.07, 6.45) is 0. The number of rotatable bonds is 4.